The van der Waals surface area contributed by atoms with E-state index in [9.17, 15) is 9.18 Å². The van der Waals surface area contributed by atoms with Crippen molar-refractivity contribution >= 4 is 29.1 Å². The van der Waals surface area contributed by atoms with E-state index in [-0.39, 0.29) is 11.7 Å². The maximum absolute atomic E-state index is 14.5. The van der Waals surface area contributed by atoms with Gasteiger partial charge in [-0.2, -0.15) is 0 Å². The second-order valence-electron chi connectivity index (χ2n) is 6.38. The Labute approximate surface area is 151 Å². The summed E-state index contributed by atoms with van der Waals surface area (Å²) in [7, 11) is 0. The Kier molecular flexibility index (Phi) is 4.21. The van der Waals surface area contributed by atoms with Crippen molar-refractivity contribution in [2.24, 2.45) is 9.98 Å². The Bertz CT molecular complexity index is 975. The van der Waals surface area contributed by atoms with E-state index in [0.717, 1.165) is 24.1 Å². The highest BCUT2D eigenvalue weighted by molar-refractivity contribution is 6.20. The molecule has 0 saturated heterocycles. The normalized spacial score (nSPS) is 19.2. The van der Waals surface area contributed by atoms with Crippen molar-refractivity contribution in [2.45, 2.75) is 19.4 Å². The molecule has 1 amide bonds. The third-order valence-electron chi connectivity index (χ3n) is 4.63. The van der Waals surface area contributed by atoms with E-state index in [4.69, 9.17) is 0 Å². The van der Waals surface area contributed by atoms with Crippen molar-refractivity contribution in [3.05, 3.63) is 71.0 Å². The van der Waals surface area contributed by atoms with Crippen LogP contribution in [0.2, 0.25) is 0 Å². The molecule has 1 atom stereocenters. The van der Waals surface area contributed by atoms with E-state index in [0.29, 0.717) is 17.0 Å². The van der Waals surface area contributed by atoms with Gasteiger partial charge in [0.2, 0.25) is 5.91 Å². The van der Waals surface area contributed by atoms with Crippen molar-refractivity contribution in [3.8, 4) is 0 Å². The lowest BCUT2D eigenvalue weighted by molar-refractivity contribution is -0.116. The van der Waals surface area contributed by atoms with Gasteiger partial charge in [-0.15, -0.1) is 0 Å². The van der Waals surface area contributed by atoms with Crippen molar-refractivity contribution in [1.29, 1.82) is 0 Å². The zero-order valence-corrected chi connectivity index (χ0v) is 14.4. The minimum absolute atomic E-state index is 0.200. The van der Waals surface area contributed by atoms with E-state index in [2.05, 4.69) is 15.3 Å². The summed E-state index contributed by atoms with van der Waals surface area (Å²) in [6.07, 6.45) is 4.65. The number of aliphatic imine (C=N–C) groups is 2. The molecule has 2 aliphatic rings. The van der Waals surface area contributed by atoms with Crippen LogP contribution in [0.15, 0.2) is 58.5 Å². The monoisotopic (exact) mass is 347 g/mol. The predicted octanol–water partition coefficient (Wildman–Crippen LogP) is 3.86. The van der Waals surface area contributed by atoms with Crippen LogP contribution in [-0.4, -0.2) is 30.4 Å². The summed E-state index contributed by atoms with van der Waals surface area (Å²) in [6.45, 7) is 2.47. The maximum Gasteiger partial charge on any atom is 0.248 e. The number of fused-ring (bicyclic) bond motifs is 1. The van der Waals surface area contributed by atoms with E-state index in [1.165, 1.54) is 11.6 Å². The average Bonchev–Trinajstić information content (AvgIpc) is 2.79. The van der Waals surface area contributed by atoms with Gasteiger partial charge in [-0.25, -0.2) is 4.39 Å². The fraction of sp³-hybridized carbons (Fsp3) is 0.190. The molecule has 0 saturated carbocycles. The second kappa shape index (κ2) is 6.67. The van der Waals surface area contributed by atoms with Gasteiger partial charge < -0.3 is 5.32 Å². The predicted molar refractivity (Wildman–Crippen MR) is 103 cm³/mol. The Hall–Kier alpha value is -3.08. The summed E-state index contributed by atoms with van der Waals surface area (Å²) >= 11 is 0. The smallest absolute Gasteiger partial charge is 0.248 e. The third-order valence-corrected chi connectivity index (χ3v) is 4.63. The van der Waals surface area contributed by atoms with Crippen LogP contribution in [0.1, 0.15) is 30.0 Å². The molecular formula is C21H18FN3O. The van der Waals surface area contributed by atoms with Crippen molar-refractivity contribution < 1.29 is 9.18 Å². The van der Waals surface area contributed by atoms with Gasteiger partial charge in [0.05, 0.1) is 11.4 Å². The van der Waals surface area contributed by atoms with Gasteiger partial charge in [-0.3, -0.25) is 14.8 Å². The van der Waals surface area contributed by atoms with Crippen LogP contribution in [0.3, 0.4) is 0 Å². The molecule has 4 rings (SSSR count). The molecular weight excluding hydrogens is 329 g/mol. The Morgan fingerprint density at radius 2 is 2.00 bits per heavy atom. The first-order valence-electron chi connectivity index (χ1n) is 8.61. The molecule has 26 heavy (non-hydrogen) atoms. The first-order valence-corrected chi connectivity index (χ1v) is 8.61. The largest absolute Gasteiger partial charge is 0.324 e. The standard InChI is InChI=1S/C21H18FN3O/c1-13-21(26)25-19-7-6-15(14-8-10-23-11-9-14)12-17(19)20(24-13)16-4-2-3-5-18(16)22/h2-8,10,12-13H,9,11H2,1H3,(H,25,26)/t13-/m0/s1. The van der Waals surface area contributed by atoms with E-state index >= 15 is 0 Å². The van der Waals surface area contributed by atoms with Crippen LogP contribution >= 0.6 is 0 Å². The number of hydrogen-bond donors (Lipinski definition) is 1. The number of carbonyl (C=O) groups is 1. The first-order chi connectivity index (χ1) is 12.6. The molecule has 0 radical (unpaired) electrons. The second-order valence-corrected chi connectivity index (χ2v) is 6.38. The number of nitrogens with zero attached hydrogens (tertiary/aromatic N) is 2. The molecule has 2 aliphatic heterocycles. The molecule has 5 heteroatoms. The van der Waals surface area contributed by atoms with Gasteiger partial charge in [0.15, 0.2) is 0 Å². The van der Waals surface area contributed by atoms with Gasteiger partial charge in [-0.05, 0) is 54.8 Å². The molecule has 0 bridgehead atoms. The molecule has 4 nitrogen and oxygen atoms in total. The van der Waals surface area contributed by atoms with Gasteiger partial charge in [-0.1, -0.05) is 18.2 Å². The quantitative estimate of drug-likeness (QED) is 0.881. The summed E-state index contributed by atoms with van der Waals surface area (Å²) in [5, 5.41) is 2.90. The first kappa shape index (κ1) is 16.4. The number of amides is 1. The lowest BCUT2D eigenvalue weighted by atomic mass is 9.94. The van der Waals surface area contributed by atoms with Gasteiger partial charge >= 0.3 is 0 Å². The fourth-order valence-corrected chi connectivity index (χ4v) is 3.20. The molecule has 0 unspecified atom stereocenters. The Morgan fingerprint density at radius 3 is 2.77 bits per heavy atom. The van der Waals surface area contributed by atoms with Crippen LogP contribution in [0.25, 0.3) is 5.57 Å². The zero-order valence-electron chi connectivity index (χ0n) is 14.4. The number of benzene rings is 2. The SMILES string of the molecule is C[C@@H]1N=C(c2ccccc2F)c2cc(C3=CC=NCC3)ccc2NC1=O. The highest BCUT2D eigenvalue weighted by Crippen LogP contribution is 2.30. The molecule has 2 heterocycles. The molecule has 2 aromatic rings. The molecule has 0 aliphatic carbocycles. The summed E-state index contributed by atoms with van der Waals surface area (Å²) in [6, 6.07) is 11.7. The lowest BCUT2D eigenvalue weighted by Gasteiger charge is -2.15. The maximum atomic E-state index is 14.5. The minimum atomic E-state index is -0.596. The zero-order chi connectivity index (χ0) is 18.1. The number of dihydropyridines is 1. The lowest BCUT2D eigenvalue weighted by Crippen LogP contribution is -2.22. The topological polar surface area (TPSA) is 53.8 Å². The highest BCUT2D eigenvalue weighted by Gasteiger charge is 2.24. The van der Waals surface area contributed by atoms with Crippen LogP contribution < -0.4 is 5.32 Å². The summed E-state index contributed by atoms with van der Waals surface area (Å²) < 4.78 is 14.5. The van der Waals surface area contributed by atoms with E-state index < -0.39 is 6.04 Å². The van der Waals surface area contributed by atoms with E-state index in [1.807, 2.05) is 24.3 Å². The molecule has 2 aromatic carbocycles. The molecule has 130 valence electrons. The summed E-state index contributed by atoms with van der Waals surface area (Å²) in [5.41, 5.74) is 4.47. The summed E-state index contributed by atoms with van der Waals surface area (Å²) in [5.74, 6) is -0.553. The van der Waals surface area contributed by atoms with Gasteiger partial charge in [0.1, 0.15) is 11.9 Å². The van der Waals surface area contributed by atoms with E-state index in [1.54, 1.807) is 31.3 Å². The molecule has 1 N–H and O–H groups in total. The van der Waals surface area contributed by atoms with Crippen LogP contribution in [-0.2, 0) is 4.79 Å². The van der Waals surface area contributed by atoms with Crippen molar-refractivity contribution in [3.63, 3.8) is 0 Å². The molecule has 0 fully saturated rings. The highest BCUT2D eigenvalue weighted by atomic mass is 19.1. The third kappa shape index (κ3) is 2.96. The number of benzodiazepines with no additional fused rings is 1. The number of allylic oxidation sites excluding steroid dienone is 1. The Morgan fingerprint density at radius 1 is 1.15 bits per heavy atom. The van der Waals surface area contributed by atoms with Gasteiger partial charge in [0, 0.05) is 23.9 Å². The number of nitrogens with one attached hydrogen (secondary N) is 1. The number of rotatable bonds is 2. The minimum Gasteiger partial charge on any atom is -0.324 e. The average molecular weight is 347 g/mol. The van der Waals surface area contributed by atoms with Crippen LogP contribution in [0.5, 0.6) is 0 Å². The molecule has 0 spiro atoms. The Balaban J connectivity index is 1.91. The number of carbonyl (C=O) groups excluding carboxylic acids is 1. The van der Waals surface area contributed by atoms with Crippen LogP contribution in [0.4, 0.5) is 10.1 Å². The van der Waals surface area contributed by atoms with Crippen molar-refractivity contribution in [1.82, 2.24) is 0 Å². The van der Waals surface area contributed by atoms with Crippen molar-refractivity contribution in [2.75, 3.05) is 11.9 Å². The number of anilines is 1. The number of halogens is 1. The van der Waals surface area contributed by atoms with Gasteiger partial charge in [0.25, 0.3) is 0 Å². The fourth-order valence-electron chi connectivity index (χ4n) is 3.20. The number of hydrogen-bond acceptors (Lipinski definition) is 3. The molecule has 0 aromatic heterocycles. The van der Waals surface area contributed by atoms with Crippen LogP contribution in [0, 0.1) is 5.82 Å². The summed E-state index contributed by atoms with van der Waals surface area (Å²) in [4.78, 5) is 21.0.